The van der Waals surface area contributed by atoms with Crippen LogP contribution in [0.3, 0.4) is 0 Å². The van der Waals surface area contributed by atoms with Crippen LogP contribution in [0.15, 0.2) is 97.1 Å². The second-order valence-corrected chi connectivity index (χ2v) is 11.6. The van der Waals surface area contributed by atoms with Gasteiger partial charge in [-0.25, -0.2) is 0 Å². The van der Waals surface area contributed by atoms with Gasteiger partial charge in [-0.3, -0.25) is 4.90 Å². The highest BCUT2D eigenvalue weighted by Gasteiger charge is 2.33. The molecule has 0 aliphatic carbocycles. The van der Waals surface area contributed by atoms with Crippen molar-refractivity contribution in [2.75, 3.05) is 30.7 Å². The highest BCUT2D eigenvalue weighted by atomic mass is 127. The van der Waals surface area contributed by atoms with Crippen molar-refractivity contribution in [3.05, 3.63) is 128 Å². The van der Waals surface area contributed by atoms with Gasteiger partial charge in [0.15, 0.2) is 0 Å². The summed E-state index contributed by atoms with van der Waals surface area (Å²) in [7, 11) is 0. The maximum absolute atomic E-state index is 13.7. The molecule has 3 nitrogen and oxygen atoms in total. The Morgan fingerprint density at radius 1 is 0.902 bits per heavy atom. The lowest BCUT2D eigenvalue weighted by Gasteiger charge is -2.29. The minimum Gasteiger partial charge on any atom is -0.493 e. The first-order valence-electron chi connectivity index (χ1n) is 13.5. The topological polar surface area (TPSA) is 24.5 Å². The van der Waals surface area contributed by atoms with E-state index >= 15 is 0 Å². The van der Waals surface area contributed by atoms with Gasteiger partial charge in [0.05, 0.1) is 12.2 Å². The fraction of sp³-hybridized carbons (Fsp3) is 0.273. The van der Waals surface area contributed by atoms with Gasteiger partial charge in [0.1, 0.15) is 5.75 Å². The van der Waals surface area contributed by atoms with Gasteiger partial charge in [-0.1, -0.05) is 90.8 Å². The van der Waals surface area contributed by atoms with E-state index in [9.17, 15) is 13.2 Å². The van der Waals surface area contributed by atoms with E-state index < -0.39 is 11.7 Å². The number of halogens is 4. The highest BCUT2D eigenvalue weighted by molar-refractivity contribution is 14.1. The summed E-state index contributed by atoms with van der Waals surface area (Å²) in [5, 5.41) is 0. The van der Waals surface area contributed by atoms with E-state index in [2.05, 4.69) is 33.9 Å². The van der Waals surface area contributed by atoms with E-state index in [1.807, 2.05) is 90.4 Å². The summed E-state index contributed by atoms with van der Waals surface area (Å²) >= 11 is 3.37. The number of ether oxygens (including phenoxy) is 1. The molecular formula is C33H34F3IN2OS. The third-order valence-corrected chi connectivity index (χ3v) is 8.62. The number of rotatable bonds is 13. The molecule has 216 valence electrons. The molecule has 41 heavy (non-hydrogen) atoms. The van der Waals surface area contributed by atoms with Gasteiger partial charge in [0, 0.05) is 47.1 Å². The van der Waals surface area contributed by atoms with E-state index in [0.717, 1.165) is 29.5 Å². The van der Waals surface area contributed by atoms with Crippen LogP contribution in [0.4, 0.5) is 18.9 Å². The molecular weight excluding hydrogens is 656 g/mol. The van der Waals surface area contributed by atoms with Crippen molar-refractivity contribution in [1.29, 1.82) is 0 Å². The lowest BCUT2D eigenvalue weighted by molar-refractivity contribution is -0.138. The van der Waals surface area contributed by atoms with Crippen LogP contribution >= 0.6 is 34.5 Å². The number of benzene rings is 4. The molecule has 0 atom stereocenters. The van der Waals surface area contributed by atoms with Crippen LogP contribution in [0.2, 0.25) is 0 Å². The molecule has 0 spiro atoms. The van der Waals surface area contributed by atoms with Crippen LogP contribution in [0.25, 0.3) is 0 Å². The molecule has 1 N–H and O–H groups in total. The zero-order valence-electron chi connectivity index (χ0n) is 23.1. The Balaban J connectivity index is 1.56. The molecule has 4 aromatic carbocycles. The molecule has 0 amide bonds. The smallest absolute Gasteiger partial charge is 0.417 e. The monoisotopic (exact) mass is 690 g/mol. The van der Waals surface area contributed by atoms with Crippen molar-refractivity contribution in [1.82, 2.24) is 4.90 Å². The molecule has 8 heteroatoms. The molecule has 0 fully saturated rings. The van der Waals surface area contributed by atoms with Crippen LogP contribution in [0.1, 0.15) is 40.2 Å². The summed E-state index contributed by atoms with van der Waals surface area (Å²) < 4.78 is 50.7. The van der Waals surface area contributed by atoms with Crippen molar-refractivity contribution in [3.8, 4) is 5.75 Å². The second kappa shape index (κ2) is 15.0. The molecule has 0 saturated carbocycles. The number of hydrogen-bond donors (Lipinski definition) is 1. The first kappa shape index (κ1) is 31.3. The number of hydrogen-bond acceptors (Lipinski definition) is 4. The molecule has 0 radical (unpaired) electrons. The van der Waals surface area contributed by atoms with Gasteiger partial charge in [-0.05, 0) is 70.3 Å². The average Bonchev–Trinajstić information content (AvgIpc) is 2.96. The molecule has 0 saturated heterocycles. The zero-order valence-corrected chi connectivity index (χ0v) is 26.1. The summed E-state index contributed by atoms with van der Waals surface area (Å²) in [6, 6.07) is 31.1. The van der Waals surface area contributed by atoms with Gasteiger partial charge < -0.3 is 9.46 Å². The number of nitrogens with zero attached hydrogens (tertiary/aromatic N) is 1. The number of aryl methyl sites for hydroxylation is 1. The minimum atomic E-state index is -4.39. The predicted octanol–water partition coefficient (Wildman–Crippen LogP) is 9.41. The molecule has 0 aliphatic rings. The van der Waals surface area contributed by atoms with Gasteiger partial charge in [0.2, 0.25) is 0 Å². The Labute approximate surface area is 258 Å². The third kappa shape index (κ3) is 8.90. The van der Waals surface area contributed by atoms with Crippen molar-refractivity contribution in [2.45, 2.75) is 32.0 Å². The maximum atomic E-state index is 13.7. The SMILES string of the molecule is CSNc1ccc(C)c(OCCCN(Cc2cccc(C(F)(F)F)c2I)CC(c2ccccc2)c2ccccc2)c1. The fourth-order valence-corrected chi connectivity index (χ4v) is 6.03. The quantitative estimate of drug-likeness (QED) is 0.0859. The summed E-state index contributed by atoms with van der Waals surface area (Å²) in [6.07, 6.45) is -1.69. The van der Waals surface area contributed by atoms with E-state index in [-0.39, 0.29) is 9.49 Å². The van der Waals surface area contributed by atoms with Crippen LogP contribution < -0.4 is 9.46 Å². The van der Waals surface area contributed by atoms with Gasteiger partial charge >= 0.3 is 6.18 Å². The van der Waals surface area contributed by atoms with E-state index in [1.54, 1.807) is 6.07 Å². The summed E-state index contributed by atoms with van der Waals surface area (Å²) in [4.78, 5) is 2.25. The third-order valence-electron chi connectivity index (χ3n) is 6.91. The maximum Gasteiger partial charge on any atom is 0.417 e. The molecule has 0 aliphatic heterocycles. The van der Waals surface area contributed by atoms with Crippen molar-refractivity contribution >= 4 is 40.2 Å². The normalized spacial score (nSPS) is 11.7. The molecule has 0 aromatic heterocycles. The van der Waals surface area contributed by atoms with Gasteiger partial charge in [-0.15, -0.1) is 0 Å². The first-order chi connectivity index (χ1) is 19.8. The van der Waals surface area contributed by atoms with E-state index in [4.69, 9.17) is 4.74 Å². The summed E-state index contributed by atoms with van der Waals surface area (Å²) in [5.74, 6) is 0.896. The van der Waals surface area contributed by atoms with E-state index in [0.29, 0.717) is 31.8 Å². The van der Waals surface area contributed by atoms with Crippen molar-refractivity contribution in [3.63, 3.8) is 0 Å². The van der Waals surface area contributed by atoms with Crippen LogP contribution in [0.5, 0.6) is 5.75 Å². The Kier molecular flexibility index (Phi) is 11.4. The largest absolute Gasteiger partial charge is 0.493 e. The molecule has 0 heterocycles. The lowest BCUT2D eigenvalue weighted by atomic mass is 9.90. The van der Waals surface area contributed by atoms with Gasteiger partial charge in [0.25, 0.3) is 0 Å². The highest BCUT2D eigenvalue weighted by Crippen LogP contribution is 2.35. The predicted molar refractivity (Wildman–Crippen MR) is 173 cm³/mol. The summed E-state index contributed by atoms with van der Waals surface area (Å²) in [5.41, 5.74) is 4.47. The number of anilines is 1. The number of nitrogens with one attached hydrogen (secondary N) is 1. The zero-order chi connectivity index (χ0) is 29.2. The number of alkyl halides is 3. The van der Waals surface area contributed by atoms with Crippen molar-refractivity contribution in [2.24, 2.45) is 0 Å². The van der Waals surface area contributed by atoms with E-state index in [1.165, 1.54) is 29.1 Å². The average molecular weight is 691 g/mol. The standard InChI is InChI=1S/C33H34F3IN2OS/c1-24-17-18-28(38-41-2)21-31(24)40-20-10-19-39(22-27-15-9-16-30(32(27)37)33(34,35)36)23-29(25-11-5-3-6-12-25)26-13-7-4-8-14-26/h3-9,11-18,21,29,38H,10,19-20,22-23H2,1-2H3. The Bertz CT molecular complexity index is 1350. The summed E-state index contributed by atoms with van der Waals surface area (Å²) in [6.45, 7) is 4.26. The molecule has 0 unspecified atom stereocenters. The Morgan fingerprint density at radius 2 is 1.56 bits per heavy atom. The second-order valence-electron chi connectivity index (χ2n) is 9.87. The minimum absolute atomic E-state index is 0.0679. The molecule has 4 rings (SSSR count). The Hall–Kier alpha value is -2.69. The van der Waals surface area contributed by atoms with Crippen LogP contribution in [-0.2, 0) is 12.7 Å². The van der Waals surface area contributed by atoms with Crippen LogP contribution in [-0.4, -0.2) is 30.9 Å². The lowest BCUT2D eigenvalue weighted by Crippen LogP contribution is -2.31. The Morgan fingerprint density at radius 3 is 2.17 bits per heavy atom. The van der Waals surface area contributed by atoms with Crippen molar-refractivity contribution < 1.29 is 17.9 Å². The van der Waals surface area contributed by atoms with Gasteiger partial charge in [-0.2, -0.15) is 13.2 Å². The first-order valence-corrected chi connectivity index (χ1v) is 15.8. The fourth-order valence-electron chi connectivity index (χ4n) is 4.84. The van der Waals surface area contributed by atoms with Crippen LogP contribution in [0, 0.1) is 10.5 Å². The molecule has 4 aromatic rings. The molecule has 0 bridgehead atoms.